The Bertz CT molecular complexity index is 507. The molecule has 1 aromatic rings. The molecule has 118 valence electrons. The summed E-state index contributed by atoms with van der Waals surface area (Å²) >= 11 is 5.71. The van der Waals surface area contributed by atoms with Gasteiger partial charge in [0.2, 0.25) is 0 Å². The van der Waals surface area contributed by atoms with Gasteiger partial charge < -0.3 is 5.32 Å². The van der Waals surface area contributed by atoms with E-state index in [1.54, 1.807) is 0 Å². The monoisotopic (exact) mass is 316 g/mol. The van der Waals surface area contributed by atoms with Gasteiger partial charge in [0, 0.05) is 6.54 Å². The van der Waals surface area contributed by atoms with E-state index in [-0.39, 0.29) is 21.8 Å². The van der Waals surface area contributed by atoms with Crippen LogP contribution in [-0.2, 0) is 0 Å². The van der Waals surface area contributed by atoms with Gasteiger partial charge in [0.1, 0.15) is 11.5 Å². The second-order valence-corrected chi connectivity index (χ2v) is 6.42. The Balaban J connectivity index is 2.78. The maximum atomic E-state index is 13.3. The second-order valence-electron chi connectivity index (χ2n) is 6.02. The summed E-state index contributed by atoms with van der Waals surface area (Å²) in [6, 6.07) is 2.13. The summed E-state index contributed by atoms with van der Waals surface area (Å²) in [6.45, 7) is 6.92. The van der Waals surface area contributed by atoms with Crippen molar-refractivity contribution >= 4 is 23.0 Å². The molecule has 1 N–H and O–H groups in total. The average molecular weight is 317 g/mol. The first-order valence-corrected chi connectivity index (χ1v) is 7.52. The fourth-order valence-electron chi connectivity index (χ4n) is 2.11. The first-order chi connectivity index (χ1) is 9.76. The normalized spacial score (nSPS) is 11.5. The third-order valence-electron chi connectivity index (χ3n) is 3.45. The highest BCUT2D eigenvalue weighted by Gasteiger charge is 2.21. The first-order valence-electron chi connectivity index (χ1n) is 7.14. The molecule has 0 spiro atoms. The molecule has 0 aliphatic carbocycles. The molecule has 0 aliphatic heterocycles. The largest absolute Gasteiger partial charge is 0.379 e. The zero-order valence-electron chi connectivity index (χ0n) is 12.7. The second kappa shape index (κ2) is 7.59. The molecule has 0 unspecified atom stereocenters. The molecule has 0 fully saturated rings. The van der Waals surface area contributed by atoms with E-state index < -0.39 is 10.7 Å². The van der Waals surface area contributed by atoms with Gasteiger partial charge in [-0.3, -0.25) is 10.1 Å². The minimum absolute atomic E-state index is 0.00387. The number of anilines is 1. The van der Waals surface area contributed by atoms with Crippen LogP contribution in [0, 0.1) is 21.3 Å². The molecular formula is C15H22ClFN2O2. The van der Waals surface area contributed by atoms with Gasteiger partial charge in [0.15, 0.2) is 0 Å². The number of nitrogens with one attached hydrogen (secondary N) is 1. The molecule has 4 nitrogen and oxygen atoms in total. The molecule has 0 atom stereocenters. The Morgan fingerprint density at radius 1 is 1.38 bits per heavy atom. The van der Waals surface area contributed by atoms with E-state index in [0.29, 0.717) is 6.54 Å². The van der Waals surface area contributed by atoms with Crippen molar-refractivity contribution in [2.75, 3.05) is 11.9 Å². The van der Waals surface area contributed by atoms with Gasteiger partial charge in [-0.2, -0.15) is 0 Å². The van der Waals surface area contributed by atoms with Crippen molar-refractivity contribution < 1.29 is 9.31 Å². The van der Waals surface area contributed by atoms with E-state index in [9.17, 15) is 14.5 Å². The van der Waals surface area contributed by atoms with Crippen molar-refractivity contribution in [3.63, 3.8) is 0 Å². The van der Waals surface area contributed by atoms with Crippen molar-refractivity contribution in [3.8, 4) is 0 Å². The minimum atomic E-state index is -0.781. The maximum Gasteiger partial charge on any atom is 0.295 e. The van der Waals surface area contributed by atoms with Gasteiger partial charge in [0.25, 0.3) is 5.69 Å². The molecule has 0 radical (unpaired) electrons. The van der Waals surface area contributed by atoms with Crippen LogP contribution < -0.4 is 5.32 Å². The molecule has 0 aliphatic rings. The molecule has 1 rings (SSSR count). The van der Waals surface area contributed by atoms with Crippen LogP contribution in [0.25, 0.3) is 0 Å². The summed E-state index contributed by atoms with van der Waals surface area (Å²) in [6.07, 6.45) is 4.47. The molecule has 0 bridgehead atoms. The van der Waals surface area contributed by atoms with Crippen molar-refractivity contribution in [1.29, 1.82) is 0 Å². The zero-order chi connectivity index (χ0) is 16.0. The third-order valence-corrected chi connectivity index (χ3v) is 3.74. The predicted octanol–water partition coefficient (Wildman–Crippen LogP) is 5.41. The van der Waals surface area contributed by atoms with Gasteiger partial charge in [-0.05, 0) is 17.9 Å². The lowest BCUT2D eigenvalue weighted by Crippen LogP contribution is -2.23. The van der Waals surface area contributed by atoms with Gasteiger partial charge >= 0.3 is 0 Å². The number of halogens is 2. The quantitative estimate of drug-likeness (QED) is 0.396. The Morgan fingerprint density at radius 3 is 2.62 bits per heavy atom. The van der Waals surface area contributed by atoms with Gasteiger partial charge in [0.05, 0.1) is 16.0 Å². The van der Waals surface area contributed by atoms with Crippen molar-refractivity contribution in [3.05, 3.63) is 33.1 Å². The van der Waals surface area contributed by atoms with Gasteiger partial charge in [-0.1, -0.05) is 51.6 Å². The number of hydrogen-bond acceptors (Lipinski definition) is 3. The summed E-state index contributed by atoms with van der Waals surface area (Å²) in [7, 11) is 0. The van der Waals surface area contributed by atoms with Crippen molar-refractivity contribution in [2.24, 2.45) is 5.41 Å². The van der Waals surface area contributed by atoms with Crippen LogP contribution in [0.5, 0.6) is 0 Å². The molecule has 6 heteroatoms. The Morgan fingerprint density at radius 2 is 2.05 bits per heavy atom. The number of benzene rings is 1. The molecule has 0 heterocycles. The SMILES string of the molecule is CCCCCC(C)(C)CNc1cc(Cl)c(F)cc1[N+](=O)[O-]. The highest BCUT2D eigenvalue weighted by molar-refractivity contribution is 6.31. The number of hydrogen-bond donors (Lipinski definition) is 1. The van der Waals surface area contributed by atoms with Crippen molar-refractivity contribution in [1.82, 2.24) is 0 Å². The fourth-order valence-corrected chi connectivity index (χ4v) is 2.27. The number of rotatable bonds is 8. The number of nitro benzene ring substituents is 1. The summed E-state index contributed by atoms with van der Waals surface area (Å²) in [4.78, 5) is 10.4. The minimum Gasteiger partial charge on any atom is -0.379 e. The van der Waals surface area contributed by atoms with Crippen LogP contribution in [0.1, 0.15) is 46.5 Å². The fraction of sp³-hybridized carbons (Fsp3) is 0.600. The summed E-state index contributed by atoms with van der Waals surface area (Å²) in [5.41, 5.74) is -0.0274. The lowest BCUT2D eigenvalue weighted by molar-refractivity contribution is -0.384. The lowest BCUT2D eigenvalue weighted by Gasteiger charge is -2.25. The lowest BCUT2D eigenvalue weighted by atomic mass is 9.87. The van der Waals surface area contributed by atoms with Crippen LogP contribution >= 0.6 is 11.6 Å². The van der Waals surface area contributed by atoms with E-state index in [1.807, 2.05) is 0 Å². The van der Waals surface area contributed by atoms with Crippen LogP contribution in [-0.4, -0.2) is 11.5 Å². The summed E-state index contributed by atoms with van der Waals surface area (Å²) < 4.78 is 13.3. The maximum absolute atomic E-state index is 13.3. The Kier molecular flexibility index (Phi) is 6.40. The van der Waals surface area contributed by atoms with Crippen LogP contribution in [0.15, 0.2) is 12.1 Å². The average Bonchev–Trinajstić information content (AvgIpc) is 2.39. The zero-order valence-corrected chi connectivity index (χ0v) is 13.5. The van der Waals surface area contributed by atoms with E-state index in [4.69, 9.17) is 11.6 Å². The molecule has 0 aromatic heterocycles. The standard InChI is InChI=1S/C15H22ClFN2O2/c1-4-5-6-7-15(2,3)10-18-13-8-11(16)12(17)9-14(13)19(20)21/h8-9,18H,4-7,10H2,1-3H3. The van der Waals surface area contributed by atoms with Gasteiger partial charge in [-0.15, -0.1) is 0 Å². The molecule has 21 heavy (non-hydrogen) atoms. The Hall–Kier alpha value is -1.36. The highest BCUT2D eigenvalue weighted by Crippen LogP contribution is 2.32. The molecular weight excluding hydrogens is 295 g/mol. The third kappa shape index (κ3) is 5.50. The number of nitrogens with zero attached hydrogens (tertiary/aromatic N) is 1. The first kappa shape index (κ1) is 17.7. The Labute approximate surface area is 129 Å². The summed E-state index contributed by atoms with van der Waals surface area (Å²) in [5, 5.41) is 13.9. The van der Waals surface area contributed by atoms with E-state index in [2.05, 4.69) is 26.1 Å². The van der Waals surface area contributed by atoms with Crippen LogP contribution in [0.2, 0.25) is 5.02 Å². The van der Waals surface area contributed by atoms with E-state index in [1.165, 1.54) is 12.5 Å². The van der Waals surface area contributed by atoms with Crippen LogP contribution in [0.4, 0.5) is 15.8 Å². The highest BCUT2D eigenvalue weighted by atomic mass is 35.5. The molecule has 0 saturated heterocycles. The van der Waals surface area contributed by atoms with E-state index in [0.717, 1.165) is 25.3 Å². The summed E-state index contributed by atoms with van der Waals surface area (Å²) in [5.74, 6) is -0.781. The van der Waals surface area contributed by atoms with Crippen LogP contribution in [0.3, 0.4) is 0 Å². The predicted molar refractivity (Wildman–Crippen MR) is 84.5 cm³/mol. The van der Waals surface area contributed by atoms with Gasteiger partial charge in [-0.25, -0.2) is 4.39 Å². The number of nitro groups is 1. The number of unbranched alkanes of at least 4 members (excludes halogenated alkanes) is 2. The smallest absolute Gasteiger partial charge is 0.295 e. The molecule has 0 saturated carbocycles. The molecule has 0 amide bonds. The van der Waals surface area contributed by atoms with E-state index >= 15 is 0 Å². The van der Waals surface area contributed by atoms with Crippen molar-refractivity contribution in [2.45, 2.75) is 46.5 Å². The topological polar surface area (TPSA) is 55.2 Å². The molecule has 1 aromatic carbocycles.